The van der Waals surface area contributed by atoms with Gasteiger partial charge in [0, 0.05) is 23.2 Å². The van der Waals surface area contributed by atoms with Crippen LogP contribution in [0.1, 0.15) is 43.6 Å². The first-order valence-electron chi connectivity index (χ1n) is 8.52. The summed E-state index contributed by atoms with van der Waals surface area (Å²) in [6.07, 6.45) is 0. The molecule has 128 valence electrons. The lowest BCUT2D eigenvalue weighted by atomic mass is 10.1. The number of nitrogens with zero attached hydrogens (tertiary/aromatic N) is 2. The first-order valence-corrected chi connectivity index (χ1v) is 8.52. The normalized spacial score (nSPS) is 11.2. The second-order valence-electron chi connectivity index (χ2n) is 6.30. The van der Waals surface area contributed by atoms with E-state index in [2.05, 4.69) is 16.8 Å². The molecule has 0 radical (unpaired) electrons. The number of hydrogen-bond donors (Lipinski definition) is 0. The van der Waals surface area contributed by atoms with E-state index in [0.717, 1.165) is 5.56 Å². The molecule has 0 bridgehead atoms. The van der Waals surface area contributed by atoms with Crippen LogP contribution in [0.5, 0.6) is 0 Å². The van der Waals surface area contributed by atoms with Gasteiger partial charge in [0.25, 0.3) is 5.91 Å². The van der Waals surface area contributed by atoms with Crippen LogP contribution in [-0.4, -0.2) is 28.7 Å². The number of carbonyl (C=O) groups is 1. The summed E-state index contributed by atoms with van der Waals surface area (Å²) < 4.78 is 0. The van der Waals surface area contributed by atoms with Crippen molar-refractivity contribution in [3.8, 4) is 11.8 Å². The number of rotatable bonds is 3. The van der Waals surface area contributed by atoms with Gasteiger partial charge in [0.15, 0.2) is 5.84 Å². The van der Waals surface area contributed by atoms with Gasteiger partial charge in [0.2, 0.25) is 0 Å². The summed E-state index contributed by atoms with van der Waals surface area (Å²) >= 11 is 0. The molecule has 3 heteroatoms. The summed E-state index contributed by atoms with van der Waals surface area (Å²) in [5.74, 6) is 6.64. The molecule has 0 atom stereocenters. The molecule has 2 aromatic carbocycles. The van der Waals surface area contributed by atoms with Crippen LogP contribution in [0.25, 0.3) is 0 Å². The molecule has 0 saturated heterocycles. The van der Waals surface area contributed by atoms with Crippen molar-refractivity contribution in [1.29, 1.82) is 0 Å². The number of amidine groups is 1. The molecule has 0 unspecified atom stereocenters. The van der Waals surface area contributed by atoms with Gasteiger partial charge in [-0.05, 0) is 57.9 Å². The minimum absolute atomic E-state index is 0.0460. The van der Waals surface area contributed by atoms with Crippen LogP contribution in [0.3, 0.4) is 0 Å². The summed E-state index contributed by atoms with van der Waals surface area (Å²) in [6, 6.07) is 19.0. The Kier molecular flexibility index (Phi) is 6.54. The standard InChI is InChI=1S/C22H24N2O/c1-17(2)23-21(16-15-19-11-7-5-8-12-19)24(18(3)4)22(25)20-13-9-6-10-14-20/h5-14,17-18H,1-4H3. The first kappa shape index (κ1) is 18.5. The van der Waals surface area contributed by atoms with Crippen LogP contribution in [0.4, 0.5) is 0 Å². The lowest BCUT2D eigenvalue weighted by Gasteiger charge is -2.26. The molecular weight excluding hydrogens is 308 g/mol. The van der Waals surface area contributed by atoms with E-state index in [4.69, 9.17) is 0 Å². The van der Waals surface area contributed by atoms with Gasteiger partial charge in [0.05, 0.1) is 0 Å². The van der Waals surface area contributed by atoms with Crippen molar-refractivity contribution in [1.82, 2.24) is 4.90 Å². The monoisotopic (exact) mass is 332 g/mol. The molecule has 0 saturated carbocycles. The van der Waals surface area contributed by atoms with Crippen molar-refractivity contribution < 1.29 is 4.79 Å². The third-order valence-corrected chi connectivity index (χ3v) is 3.46. The number of carbonyl (C=O) groups excluding carboxylic acids is 1. The van der Waals surface area contributed by atoms with Gasteiger partial charge in [-0.25, -0.2) is 0 Å². The molecule has 0 aliphatic carbocycles. The fourth-order valence-corrected chi connectivity index (χ4v) is 2.34. The van der Waals surface area contributed by atoms with Gasteiger partial charge < -0.3 is 0 Å². The molecule has 2 aromatic rings. The summed E-state index contributed by atoms with van der Waals surface area (Å²) in [4.78, 5) is 19.3. The van der Waals surface area contributed by atoms with Crippen LogP contribution in [0, 0.1) is 11.8 Å². The second-order valence-corrected chi connectivity index (χ2v) is 6.30. The Labute approximate surface area is 150 Å². The highest BCUT2D eigenvalue weighted by Gasteiger charge is 2.23. The molecular formula is C22H24N2O. The van der Waals surface area contributed by atoms with Crippen molar-refractivity contribution in [3.05, 3.63) is 71.8 Å². The van der Waals surface area contributed by atoms with Crippen molar-refractivity contribution >= 4 is 11.7 Å². The number of amides is 1. The maximum atomic E-state index is 13.0. The third-order valence-electron chi connectivity index (χ3n) is 3.46. The average molecular weight is 332 g/mol. The summed E-state index contributed by atoms with van der Waals surface area (Å²) in [5.41, 5.74) is 1.53. The Hall–Kier alpha value is -2.86. The summed E-state index contributed by atoms with van der Waals surface area (Å²) in [5, 5.41) is 0. The summed E-state index contributed by atoms with van der Waals surface area (Å²) in [7, 11) is 0. The highest BCUT2D eigenvalue weighted by atomic mass is 16.2. The maximum Gasteiger partial charge on any atom is 0.260 e. The first-order chi connectivity index (χ1) is 12.0. The highest BCUT2D eigenvalue weighted by Crippen LogP contribution is 2.11. The molecule has 2 rings (SSSR count). The number of benzene rings is 2. The zero-order valence-corrected chi connectivity index (χ0v) is 15.2. The van der Waals surface area contributed by atoms with Crippen LogP contribution in [0.15, 0.2) is 65.7 Å². The molecule has 0 heterocycles. The van der Waals surface area contributed by atoms with Crippen molar-refractivity contribution in [2.45, 2.75) is 39.8 Å². The second kappa shape index (κ2) is 8.84. The molecule has 0 fully saturated rings. The Morgan fingerprint density at radius 3 is 2.00 bits per heavy atom. The Bertz CT molecular complexity index is 781. The van der Waals surface area contributed by atoms with E-state index in [0.29, 0.717) is 11.4 Å². The summed E-state index contributed by atoms with van der Waals surface area (Å²) in [6.45, 7) is 7.91. The van der Waals surface area contributed by atoms with Crippen LogP contribution >= 0.6 is 0 Å². The Balaban J connectivity index is 2.43. The fraction of sp³-hybridized carbons (Fsp3) is 0.273. The highest BCUT2D eigenvalue weighted by molar-refractivity contribution is 6.13. The van der Waals surface area contributed by atoms with Gasteiger partial charge in [-0.3, -0.25) is 14.7 Å². The zero-order valence-electron chi connectivity index (χ0n) is 15.2. The van der Waals surface area contributed by atoms with Crippen molar-refractivity contribution in [3.63, 3.8) is 0 Å². The average Bonchev–Trinajstić information content (AvgIpc) is 2.60. The van der Waals surface area contributed by atoms with E-state index in [1.807, 2.05) is 88.4 Å². The van der Waals surface area contributed by atoms with E-state index in [1.54, 1.807) is 4.90 Å². The number of hydrogen-bond acceptors (Lipinski definition) is 2. The lowest BCUT2D eigenvalue weighted by molar-refractivity contribution is 0.0819. The Morgan fingerprint density at radius 1 is 0.920 bits per heavy atom. The maximum absolute atomic E-state index is 13.0. The molecule has 0 aliphatic heterocycles. The molecule has 25 heavy (non-hydrogen) atoms. The molecule has 0 aliphatic rings. The van der Waals surface area contributed by atoms with Crippen LogP contribution < -0.4 is 0 Å². The topological polar surface area (TPSA) is 32.7 Å². The molecule has 0 spiro atoms. The van der Waals surface area contributed by atoms with Crippen molar-refractivity contribution in [2.75, 3.05) is 0 Å². The van der Waals surface area contributed by atoms with Gasteiger partial charge in [0.1, 0.15) is 0 Å². The minimum Gasteiger partial charge on any atom is -0.283 e. The van der Waals surface area contributed by atoms with Gasteiger partial charge >= 0.3 is 0 Å². The SMILES string of the molecule is CC(C)N=C(C#Cc1ccccc1)N(C(=O)c1ccccc1)C(C)C. The predicted molar refractivity (Wildman–Crippen MR) is 104 cm³/mol. The van der Waals surface area contributed by atoms with Gasteiger partial charge in [-0.2, -0.15) is 0 Å². The molecule has 1 amide bonds. The van der Waals surface area contributed by atoms with Crippen LogP contribution in [0.2, 0.25) is 0 Å². The molecule has 3 nitrogen and oxygen atoms in total. The Morgan fingerprint density at radius 2 is 1.48 bits per heavy atom. The quantitative estimate of drug-likeness (QED) is 0.466. The zero-order chi connectivity index (χ0) is 18.2. The van der Waals surface area contributed by atoms with Crippen LogP contribution in [-0.2, 0) is 0 Å². The van der Waals surface area contributed by atoms with E-state index < -0.39 is 0 Å². The molecule has 0 N–H and O–H groups in total. The van der Waals surface area contributed by atoms with E-state index in [-0.39, 0.29) is 18.0 Å². The van der Waals surface area contributed by atoms with E-state index >= 15 is 0 Å². The fourth-order valence-electron chi connectivity index (χ4n) is 2.34. The van der Waals surface area contributed by atoms with Gasteiger partial charge in [-0.1, -0.05) is 42.3 Å². The minimum atomic E-state index is -0.0858. The van der Waals surface area contributed by atoms with E-state index in [1.165, 1.54) is 0 Å². The smallest absolute Gasteiger partial charge is 0.260 e. The van der Waals surface area contributed by atoms with Crippen molar-refractivity contribution in [2.24, 2.45) is 4.99 Å². The molecule has 0 aromatic heterocycles. The largest absolute Gasteiger partial charge is 0.283 e. The van der Waals surface area contributed by atoms with E-state index in [9.17, 15) is 4.79 Å². The lowest BCUT2D eigenvalue weighted by Crippen LogP contribution is -2.42. The third kappa shape index (κ3) is 5.32. The van der Waals surface area contributed by atoms with Gasteiger partial charge in [-0.15, -0.1) is 0 Å². The number of aliphatic imine (C=N–C) groups is 1. The predicted octanol–water partition coefficient (Wildman–Crippen LogP) is 4.40.